The molecule has 3 atom stereocenters. The highest BCUT2D eigenvalue weighted by Crippen LogP contribution is 2.41. The zero-order chi connectivity index (χ0) is 27.7. The van der Waals surface area contributed by atoms with E-state index in [1.807, 2.05) is 0 Å². The molecule has 0 aliphatic carbocycles. The minimum absolute atomic E-state index is 0.104. The van der Waals surface area contributed by atoms with Gasteiger partial charge >= 0.3 is 5.97 Å². The molecule has 2 amide bonds. The summed E-state index contributed by atoms with van der Waals surface area (Å²) in [6, 6.07) is -0.960. The monoisotopic (exact) mass is 582 g/mol. The molecule has 1 saturated heterocycles. The van der Waals surface area contributed by atoms with Crippen molar-refractivity contribution in [2.45, 2.75) is 24.5 Å². The lowest BCUT2D eigenvalue weighted by molar-refractivity contribution is -0.150. The van der Waals surface area contributed by atoms with Crippen molar-refractivity contribution >= 4 is 68.7 Å². The number of aliphatic carboxylic acids is 1. The molecule has 0 bridgehead atoms. The lowest BCUT2D eigenvalue weighted by atomic mass is 10.0. The van der Waals surface area contributed by atoms with E-state index in [-0.39, 0.29) is 46.1 Å². The number of aromatic nitrogens is 1. The Bertz CT molecular complexity index is 1290. The summed E-state index contributed by atoms with van der Waals surface area (Å²) in [6.45, 7) is 1.91. The van der Waals surface area contributed by atoms with Crippen molar-refractivity contribution in [2.24, 2.45) is 27.3 Å². The van der Waals surface area contributed by atoms with Gasteiger partial charge in [0.2, 0.25) is 0 Å². The number of anilines is 1. The van der Waals surface area contributed by atoms with E-state index >= 15 is 0 Å². The zero-order valence-electron chi connectivity index (χ0n) is 20.3. The number of carboxylic acids is 1. The lowest BCUT2D eigenvalue weighted by Crippen LogP contribution is -2.71. The van der Waals surface area contributed by atoms with Crippen molar-refractivity contribution in [3.05, 3.63) is 33.9 Å². The fourth-order valence-electron chi connectivity index (χ4n) is 3.75. The lowest BCUT2D eigenvalue weighted by Gasteiger charge is -2.49. The number of fused-ring (bicyclic) bond motifs is 1. The molecule has 0 saturated carbocycles. The van der Waals surface area contributed by atoms with Gasteiger partial charge in [-0.1, -0.05) is 16.9 Å². The van der Waals surface area contributed by atoms with Crippen LogP contribution in [0.4, 0.5) is 5.13 Å². The number of amides is 2. The number of rotatable bonds is 8. The van der Waals surface area contributed by atoms with Crippen LogP contribution in [0.3, 0.4) is 0 Å². The summed E-state index contributed by atoms with van der Waals surface area (Å²) in [5, 5.41) is 18.0. The second kappa shape index (κ2) is 11.1. The molecule has 38 heavy (non-hydrogen) atoms. The SMILES string of the molecule is CCO/N=C(\C(=O)NC1C(=O)N2C(C(=O)O)=C(CSC3=NC(N)=C(N)C(N)N3C)CS[C@@H]12)c1csc(N)n1. The zero-order valence-corrected chi connectivity index (χ0v) is 22.7. The van der Waals surface area contributed by atoms with Crippen LogP contribution in [0.1, 0.15) is 12.6 Å². The Kier molecular flexibility index (Phi) is 8.05. The maximum absolute atomic E-state index is 13.1. The highest BCUT2D eigenvalue weighted by molar-refractivity contribution is 8.14. The summed E-state index contributed by atoms with van der Waals surface area (Å²) in [5.41, 5.74) is 24.1. The van der Waals surface area contributed by atoms with Gasteiger partial charge in [0, 0.05) is 23.9 Å². The van der Waals surface area contributed by atoms with Crippen LogP contribution in [0.2, 0.25) is 0 Å². The maximum atomic E-state index is 13.1. The van der Waals surface area contributed by atoms with E-state index < -0.39 is 35.4 Å². The molecule has 0 spiro atoms. The van der Waals surface area contributed by atoms with Gasteiger partial charge in [0.05, 0.1) is 5.70 Å². The van der Waals surface area contributed by atoms with Gasteiger partial charge in [0.1, 0.15) is 41.4 Å². The second-order valence-electron chi connectivity index (χ2n) is 8.13. The number of nitrogens with two attached hydrogens (primary N) is 4. The van der Waals surface area contributed by atoms with Crippen molar-refractivity contribution in [2.75, 3.05) is 30.9 Å². The van der Waals surface area contributed by atoms with E-state index in [2.05, 4.69) is 20.4 Å². The molecular formula is C20H26N10O5S3. The predicted molar refractivity (Wildman–Crippen MR) is 145 cm³/mol. The summed E-state index contributed by atoms with van der Waals surface area (Å²) < 4.78 is 0. The standard InChI is InChI=1S/C20H26N10O5S3/c1-3-35-28-10(8-6-37-19(24)25-8)15(31)26-11-16(32)30-12(18(33)34)7(4-36-17(11)30)5-38-20-27-13(22)9(21)14(23)29(20)2/h6,11,14,17H,3-5,21-23H2,1-2H3,(H2,24,25)(H,26,31)(H,33,34)/b28-10-/t11?,14?,17-/m0/s1. The number of likely N-dealkylation sites (N-methyl/N-ethyl adjacent to an activating group) is 1. The van der Waals surface area contributed by atoms with Crippen molar-refractivity contribution in [1.29, 1.82) is 0 Å². The number of carbonyl (C=O) groups excluding carboxylic acids is 2. The van der Waals surface area contributed by atoms with Crippen molar-refractivity contribution < 1.29 is 24.3 Å². The van der Waals surface area contributed by atoms with Gasteiger partial charge in [-0.15, -0.1) is 23.1 Å². The van der Waals surface area contributed by atoms with E-state index in [4.69, 9.17) is 27.8 Å². The van der Waals surface area contributed by atoms with E-state index in [0.717, 1.165) is 11.3 Å². The molecule has 1 aromatic heterocycles. The third-order valence-electron chi connectivity index (χ3n) is 5.73. The topological polar surface area (TPSA) is 241 Å². The third-order valence-corrected chi connectivity index (χ3v) is 8.87. The molecule has 1 aromatic rings. The molecule has 4 heterocycles. The number of thiazole rings is 1. The fraction of sp³-hybridized carbons (Fsp3) is 0.400. The summed E-state index contributed by atoms with van der Waals surface area (Å²) in [6.07, 6.45) is -0.661. The summed E-state index contributed by atoms with van der Waals surface area (Å²) in [7, 11) is 1.70. The molecule has 0 radical (unpaired) electrons. The number of amidine groups is 1. The van der Waals surface area contributed by atoms with Crippen LogP contribution in [0.5, 0.6) is 0 Å². The third kappa shape index (κ3) is 5.11. The average molecular weight is 583 g/mol. The minimum Gasteiger partial charge on any atom is -0.477 e. The van der Waals surface area contributed by atoms with Crippen LogP contribution in [0, 0.1) is 0 Å². The molecular weight excluding hydrogens is 556 g/mol. The van der Waals surface area contributed by atoms with Crippen LogP contribution in [-0.2, 0) is 19.2 Å². The van der Waals surface area contributed by atoms with Gasteiger partial charge in [0.25, 0.3) is 11.8 Å². The minimum atomic E-state index is -1.25. The summed E-state index contributed by atoms with van der Waals surface area (Å²) in [5.74, 6) is -1.86. The number of β-lactam (4-membered cyclic amide) rings is 1. The molecule has 4 rings (SSSR count). The molecule has 204 valence electrons. The Balaban J connectivity index is 1.49. The molecule has 10 N–H and O–H groups in total. The number of thioether (sulfide) groups is 2. The number of oxime groups is 1. The van der Waals surface area contributed by atoms with E-state index in [0.29, 0.717) is 16.5 Å². The first-order chi connectivity index (χ1) is 18.0. The quantitative estimate of drug-likeness (QED) is 0.118. The van der Waals surface area contributed by atoms with E-state index in [1.165, 1.54) is 28.4 Å². The Morgan fingerprint density at radius 3 is 2.74 bits per heavy atom. The number of carbonyl (C=O) groups is 3. The normalized spacial score (nSPS) is 23.7. The first-order valence-corrected chi connectivity index (χ1v) is 14.0. The highest BCUT2D eigenvalue weighted by Gasteiger charge is 2.54. The number of hydrogen-bond acceptors (Lipinski definition) is 15. The fourth-order valence-corrected chi connectivity index (χ4v) is 6.79. The number of nitrogens with zero attached hydrogens (tertiary/aromatic N) is 5. The molecule has 3 aliphatic rings. The van der Waals surface area contributed by atoms with Crippen LogP contribution in [0.25, 0.3) is 0 Å². The highest BCUT2D eigenvalue weighted by atomic mass is 32.2. The van der Waals surface area contributed by atoms with Crippen LogP contribution in [-0.4, -0.2) is 91.3 Å². The second-order valence-corrected chi connectivity index (χ2v) is 11.1. The van der Waals surface area contributed by atoms with E-state index in [1.54, 1.807) is 24.3 Å². The number of nitrogens with one attached hydrogen (secondary N) is 1. The Morgan fingerprint density at radius 1 is 1.37 bits per heavy atom. The summed E-state index contributed by atoms with van der Waals surface area (Å²) >= 11 is 3.69. The van der Waals surface area contributed by atoms with Gasteiger partial charge < -0.3 is 43.1 Å². The van der Waals surface area contributed by atoms with Crippen molar-refractivity contribution in [3.8, 4) is 0 Å². The molecule has 1 fully saturated rings. The van der Waals surface area contributed by atoms with Gasteiger partial charge in [-0.2, -0.15) is 0 Å². The number of nitrogen functional groups attached to an aromatic ring is 1. The predicted octanol–water partition coefficient (Wildman–Crippen LogP) is -1.39. The molecule has 15 nitrogen and oxygen atoms in total. The average Bonchev–Trinajstić information content (AvgIpc) is 3.32. The van der Waals surface area contributed by atoms with E-state index in [9.17, 15) is 19.5 Å². The molecule has 2 unspecified atom stereocenters. The van der Waals surface area contributed by atoms with Crippen molar-refractivity contribution in [1.82, 2.24) is 20.1 Å². The van der Waals surface area contributed by atoms with Crippen molar-refractivity contribution in [3.63, 3.8) is 0 Å². The van der Waals surface area contributed by atoms with Crippen LogP contribution < -0.4 is 28.3 Å². The number of carboxylic acid groups (broad SMARTS) is 1. The largest absolute Gasteiger partial charge is 0.477 e. The van der Waals surface area contributed by atoms with Gasteiger partial charge in [-0.3, -0.25) is 14.5 Å². The molecule has 18 heteroatoms. The van der Waals surface area contributed by atoms with Gasteiger partial charge in [-0.25, -0.2) is 14.8 Å². The number of aliphatic imine (C=N–C) groups is 1. The van der Waals surface area contributed by atoms with Crippen LogP contribution >= 0.6 is 34.9 Å². The Hall–Kier alpha value is -3.48. The van der Waals surface area contributed by atoms with Crippen LogP contribution in [0.15, 0.2) is 38.3 Å². The Morgan fingerprint density at radius 2 is 2.11 bits per heavy atom. The Labute approximate surface area is 229 Å². The van der Waals surface area contributed by atoms with Gasteiger partial charge in [0.15, 0.2) is 16.0 Å². The first kappa shape index (κ1) is 27.6. The van der Waals surface area contributed by atoms with Gasteiger partial charge in [-0.05, 0) is 12.5 Å². The molecule has 3 aliphatic heterocycles. The smallest absolute Gasteiger partial charge is 0.352 e. The maximum Gasteiger partial charge on any atom is 0.352 e. The first-order valence-electron chi connectivity index (χ1n) is 11.1. The number of hydrogen-bond donors (Lipinski definition) is 6. The summed E-state index contributed by atoms with van der Waals surface area (Å²) in [4.78, 5) is 54.4. The molecule has 0 aromatic carbocycles.